The number of amides is 3. The number of rotatable bonds is 13. The molecule has 1 aliphatic carbocycles. The van der Waals surface area contributed by atoms with E-state index in [-0.39, 0.29) is 12.5 Å². The summed E-state index contributed by atoms with van der Waals surface area (Å²) in [5, 5.41) is 13.1. The number of urea groups is 1. The molecule has 3 atom stereocenters. The average molecular weight is 629 g/mol. The molecule has 2 heterocycles. The Bertz CT molecular complexity index is 1440. The minimum Gasteiger partial charge on any atom is -0.497 e. The lowest BCUT2D eigenvalue weighted by Crippen LogP contribution is -2.69. The Balaban J connectivity index is 1.32. The molecule has 1 saturated carbocycles. The van der Waals surface area contributed by atoms with E-state index in [0.717, 1.165) is 65.2 Å². The number of imide groups is 1. The van der Waals surface area contributed by atoms with Crippen molar-refractivity contribution in [2.45, 2.75) is 77.0 Å². The number of anilines is 1. The molecular formula is C36H44N4O6. The molecule has 1 saturated heterocycles. The molecule has 1 aromatic heterocycles. The van der Waals surface area contributed by atoms with Gasteiger partial charge in [0.1, 0.15) is 17.3 Å². The first-order valence-electron chi connectivity index (χ1n) is 16.1. The SMILES string of the molecule is CC[C@@H](NC(=O)N1C(=O)[C@H](Cc2ccnc(N(Cc3ccc(OC)cc3)Cc3ccc(OC)cc3)c2)[C@H]1C(=O)O)C1CCCCC1. The molecule has 244 valence electrons. The summed E-state index contributed by atoms with van der Waals surface area (Å²) in [7, 11) is 3.26. The van der Waals surface area contributed by atoms with Crippen LogP contribution in [0.3, 0.4) is 0 Å². The van der Waals surface area contributed by atoms with Crippen LogP contribution >= 0.6 is 0 Å². The molecule has 2 fully saturated rings. The summed E-state index contributed by atoms with van der Waals surface area (Å²) in [5.74, 6) is 0.0967. The van der Waals surface area contributed by atoms with Crippen molar-refractivity contribution in [1.29, 1.82) is 0 Å². The van der Waals surface area contributed by atoms with Gasteiger partial charge in [-0.25, -0.2) is 19.5 Å². The van der Waals surface area contributed by atoms with Crippen LogP contribution in [0.4, 0.5) is 10.6 Å². The van der Waals surface area contributed by atoms with E-state index >= 15 is 0 Å². The van der Waals surface area contributed by atoms with Crippen LogP contribution in [0.1, 0.15) is 62.1 Å². The van der Waals surface area contributed by atoms with Crippen LogP contribution in [0, 0.1) is 11.8 Å². The highest BCUT2D eigenvalue weighted by Crippen LogP contribution is 2.33. The van der Waals surface area contributed by atoms with Crippen molar-refractivity contribution in [2.75, 3.05) is 19.1 Å². The van der Waals surface area contributed by atoms with Gasteiger partial charge in [-0.15, -0.1) is 0 Å². The maximum absolute atomic E-state index is 13.3. The van der Waals surface area contributed by atoms with Crippen molar-refractivity contribution in [1.82, 2.24) is 15.2 Å². The van der Waals surface area contributed by atoms with Crippen LogP contribution in [-0.2, 0) is 29.1 Å². The highest BCUT2D eigenvalue weighted by molar-refractivity contribution is 6.07. The number of ether oxygens (including phenoxy) is 2. The summed E-state index contributed by atoms with van der Waals surface area (Å²) < 4.78 is 10.6. The van der Waals surface area contributed by atoms with E-state index in [1.807, 2.05) is 61.5 Å². The van der Waals surface area contributed by atoms with E-state index in [1.54, 1.807) is 26.5 Å². The van der Waals surface area contributed by atoms with Crippen LogP contribution in [0.15, 0.2) is 66.9 Å². The van der Waals surface area contributed by atoms with Crippen LogP contribution in [0.2, 0.25) is 0 Å². The first-order valence-corrected chi connectivity index (χ1v) is 16.1. The summed E-state index contributed by atoms with van der Waals surface area (Å²) in [6, 6.07) is 17.5. The summed E-state index contributed by atoms with van der Waals surface area (Å²) >= 11 is 0. The Morgan fingerprint density at radius 2 is 1.52 bits per heavy atom. The van der Waals surface area contributed by atoms with Crippen molar-refractivity contribution in [3.63, 3.8) is 0 Å². The number of carboxylic acids is 1. The zero-order valence-electron chi connectivity index (χ0n) is 26.9. The molecule has 10 heteroatoms. The van der Waals surface area contributed by atoms with Crippen molar-refractivity contribution in [2.24, 2.45) is 11.8 Å². The maximum atomic E-state index is 13.3. The molecule has 10 nitrogen and oxygen atoms in total. The molecule has 0 spiro atoms. The second-order valence-electron chi connectivity index (χ2n) is 12.2. The smallest absolute Gasteiger partial charge is 0.327 e. The van der Waals surface area contributed by atoms with Crippen molar-refractivity contribution in [3.05, 3.63) is 83.6 Å². The number of benzene rings is 2. The first kappa shape index (κ1) is 32.8. The number of hydrogen-bond donors (Lipinski definition) is 2. The third-order valence-corrected chi connectivity index (χ3v) is 9.31. The monoisotopic (exact) mass is 628 g/mol. The van der Waals surface area contributed by atoms with Gasteiger partial charge < -0.3 is 24.8 Å². The van der Waals surface area contributed by atoms with Gasteiger partial charge in [-0.05, 0) is 84.7 Å². The second kappa shape index (κ2) is 15.1. The molecule has 0 unspecified atom stereocenters. The lowest BCUT2D eigenvalue weighted by molar-refractivity contribution is -0.165. The quantitative estimate of drug-likeness (QED) is 0.227. The van der Waals surface area contributed by atoms with Crippen molar-refractivity contribution in [3.8, 4) is 11.5 Å². The summed E-state index contributed by atoms with van der Waals surface area (Å²) in [5.41, 5.74) is 2.89. The maximum Gasteiger partial charge on any atom is 0.327 e. The largest absolute Gasteiger partial charge is 0.497 e. The Labute approximate surface area is 270 Å². The van der Waals surface area contributed by atoms with Crippen molar-refractivity contribution < 1.29 is 29.0 Å². The lowest BCUT2D eigenvalue weighted by atomic mass is 9.81. The molecular weight excluding hydrogens is 584 g/mol. The molecule has 2 N–H and O–H groups in total. The fraction of sp³-hybridized carbons (Fsp3) is 0.444. The zero-order valence-corrected chi connectivity index (χ0v) is 26.9. The number of methoxy groups -OCH3 is 2. The fourth-order valence-corrected chi connectivity index (χ4v) is 6.71. The predicted molar refractivity (Wildman–Crippen MR) is 175 cm³/mol. The lowest BCUT2D eigenvalue weighted by Gasteiger charge is -2.44. The molecule has 2 aromatic carbocycles. The van der Waals surface area contributed by atoms with Crippen molar-refractivity contribution >= 4 is 23.7 Å². The Kier molecular flexibility index (Phi) is 10.8. The average Bonchev–Trinajstić information content (AvgIpc) is 3.08. The summed E-state index contributed by atoms with van der Waals surface area (Å²) in [6.07, 6.45) is 8.14. The minimum atomic E-state index is -1.22. The van der Waals surface area contributed by atoms with Gasteiger partial charge in [0.05, 0.1) is 20.1 Å². The molecule has 3 aromatic rings. The molecule has 5 rings (SSSR count). The molecule has 0 bridgehead atoms. The standard InChI is InChI=1S/C36H44N4O6/c1-4-31(27-8-6-5-7-9-27)38-36(44)40-33(35(42)43)30(34(40)41)20-26-18-19-37-32(21-26)39(22-24-10-14-28(45-2)15-11-24)23-25-12-16-29(46-3)17-13-25/h10-19,21,27,30-31,33H,4-9,20,22-23H2,1-3H3,(H,38,44)(H,42,43)/t30-,31-,33+/m1/s1. The van der Waals surface area contributed by atoms with Crippen LogP contribution in [0.25, 0.3) is 0 Å². The van der Waals surface area contributed by atoms with Crippen LogP contribution < -0.4 is 19.7 Å². The highest BCUT2D eigenvalue weighted by Gasteiger charge is 2.55. The number of pyridine rings is 1. The third-order valence-electron chi connectivity index (χ3n) is 9.31. The second-order valence-corrected chi connectivity index (χ2v) is 12.2. The van der Waals surface area contributed by atoms with Crippen LogP contribution in [0.5, 0.6) is 11.5 Å². The topological polar surface area (TPSA) is 121 Å². The summed E-state index contributed by atoms with van der Waals surface area (Å²) in [6.45, 7) is 3.13. The minimum absolute atomic E-state index is 0.0702. The summed E-state index contributed by atoms with van der Waals surface area (Å²) in [4.78, 5) is 46.6. The van der Waals surface area contributed by atoms with Gasteiger partial charge in [0.2, 0.25) is 5.91 Å². The van der Waals surface area contributed by atoms with E-state index < -0.39 is 29.9 Å². The molecule has 1 aliphatic heterocycles. The van der Waals surface area contributed by atoms with Gasteiger partial charge in [0.15, 0.2) is 6.04 Å². The zero-order chi connectivity index (χ0) is 32.6. The first-order chi connectivity index (χ1) is 22.3. The Morgan fingerprint density at radius 3 is 2.04 bits per heavy atom. The Morgan fingerprint density at radius 1 is 0.935 bits per heavy atom. The van der Waals surface area contributed by atoms with Gasteiger partial charge >= 0.3 is 12.0 Å². The van der Waals surface area contributed by atoms with Gasteiger partial charge in [0, 0.05) is 25.3 Å². The molecule has 3 amide bonds. The number of β-lactam (4-membered cyclic amide) rings is 1. The van der Waals surface area contributed by atoms with E-state index in [4.69, 9.17) is 9.47 Å². The number of hydrogen-bond acceptors (Lipinski definition) is 7. The predicted octanol–water partition coefficient (Wildman–Crippen LogP) is 5.83. The number of nitrogens with zero attached hydrogens (tertiary/aromatic N) is 3. The Hall–Kier alpha value is -4.60. The molecule has 0 radical (unpaired) electrons. The van der Waals surface area contributed by atoms with Gasteiger partial charge in [-0.2, -0.15) is 0 Å². The number of aliphatic carboxylic acids is 1. The number of nitrogens with one attached hydrogen (secondary N) is 1. The normalized spacial score (nSPS) is 18.8. The molecule has 46 heavy (non-hydrogen) atoms. The van der Waals surface area contributed by atoms with E-state index in [9.17, 15) is 19.5 Å². The third kappa shape index (κ3) is 7.61. The van der Waals surface area contributed by atoms with E-state index in [1.165, 1.54) is 6.42 Å². The van der Waals surface area contributed by atoms with E-state index in [0.29, 0.717) is 24.8 Å². The highest BCUT2D eigenvalue weighted by atomic mass is 16.5. The fourth-order valence-electron chi connectivity index (χ4n) is 6.71. The number of likely N-dealkylation sites (tertiary alicyclic amines) is 1. The van der Waals surface area contributed by atoms with Gasteiger partial charge in [0.25, 0.3) is 0 Å². The van der Waals surface area contributed by atoms with E-state index in [2.05, 4.69) is 15.2 Å². The number of carbonyl (C=O) groups excluding carboxylic acids is 2. The number of aromatic nitrogens is 1. The number of carboxylic acid groups (broad SMARTS) is 1. The number of carbonyl (C=O) groups is 3. The molecule has 2 aliphatic rings. The van der Waals surface area contributed by atoms with Crippen LogP contribution in [-0.4, -0.2) is 59.2 Å². The van der Waals surface area contributed by atoms with Gasteiger partial charge in [-0.3, -0.25) is 4.79 Å². The van der Waals surface area contributed by atoms with Gasteiger partial charge in [-0.1, -0.05) is 50.5 Å².